The van der Waals surface area contributed by atoms with Crippen molar-refractivity contribution in [2.45, 2.75) is 57.7 Å². The number of rotatable bonds is 4. The fourth-order valence-corrected chi connectivity index (χ4v) is 3.40. The zero-order chi connectivity index (χ0) is 13.7. The summed E-state index contributed by atoms with van der Waals surface area (Å²) in [4.78, 5) is 0. The van der Waals surface area contributed by atoms with Crippen LogP contribution in [0, 0.1) is 0 Å². The summed E-state index contributed by atoms with van der Waals surface area (Å²) < 4.78 is 8.43. The molecule has 2 aromatic rings. The summed E-state index contributed by atoms with van der Waals surface area (Å²) in [7, 11) is 0. The minimum absolute atomic E-state index is 0.207. The van der Waals surface area contributed by atoms with Gasteiger partial charge >= 0.3 is 0 Å². The molecule has 2 aliphatic rings. The molecule has 3 nitrogen and oxygen atoms in total. The number of nitrogens with two attached hydrogens (primary N) is 1. The van der Waals surface area contributed by atoms with E-state index in [1.165, 1.54) is 47.8 Å². The molecule has 1 aromatic carbocycles. The highest BCUT2D eigenvalue weighted by molar-refractivity contribution is 5.87. The summed E-state index contributed by atoms with van der Waals surface area (Å²) >= 11 is 0. The summed E-state index contributed by atoms with van der Waals surface area (Å²) in [5.74, 6) is 1.02. The molecule has 106 valence electrons. The van der Waals surface area contributed by atoms with E-state index >= 15 is 0 Å². The van der Waals surface area contributed by atoms with Gasteiger partial charge in [-0.3, -0.25) is 0 Å². The first-order valence-corrected chi connectivity index (χ1v) is 7.78. The van der Waals surface area contributed by atoms with E-state index in [1.54, 1.807) is 0 Å². The molecule has 0 bridgehead atoms. The van der Waals surface area contributed by atoms with Crippen LogP contribution in [0.1, 0.15) is 37.4 Å². The van der Waals surface area contributed by atoms with Crippen molar-refractivity contribution in [3.8, 4) is 5.75 Å². The lowest BCUT2D eigenvalue weighted by Gasteiger charge is -2.08. The highest BCUT2D eigenvalue weighted by Crippen LogP contribution is 2.35. The summed E-state index contributed by atoms with van der Waals surface area (Å²) in [6.07, 6.45) is 6.28. The van der Waals surface area contributed by atoms with Gasteiger partial charge in [-0.1, -0.05) is 0 Å². The van der Waals surface area contributed by atoms with E-state index < -0.39 is 0 Å². The third-order valence-corrected chi connectivity index (χ3v) is 4.41. The molecule has 0 radical (unpaired) electrons. The third-order valence-electron chi connectivity index (χ3n) is 4.41. The number of hydrogen-bond donors (Lipinski definition) is 1. The number of benzene rings is 1. The average molecular weight is 270 g/mol. The van der Waals surface area contributed by atoms with Gasteiger partial charge in [0, 0.05) is 29.2 Å². The van der Waals surface area contributed by atoms with E-state index in [-0.39, 0.29) is 6.04 Å². The van der Waals surface area contributed by atoms with Crippen LogP contribution >= 0.6 is 0 Å². The van der Waals surface area contributed by atoms with Crippen LogP contribution in [0.5, 0.6) is 5.75 Å². The first kappa shape index (κ1) is 12.3. The van der Waals surface area contributed by atoms with Crippen LogP contribution in [0.4, 0.5) is 0 Å². The molecule has 3 heteroatoms. The van der Waals surface area contributed by atoms with Gasteiger partial charge in [-0.2, -0.15) is 0 Å². The van der Waals surface area contributed by atoms with Gasteiger partial charge in [0.2, 0.25) is 0 Å². The van der Waals surface area contributed by atoms with Gasteiger partial charge in [-0.25, -0.2) is 0 Å². The van der Waals surface area contributed by atoms with Gasteiger partial charge in [0.15, 0.2) is 0 Å². The van der Waals surface area contributed by atoms with E-state index in [0.717, 1.165) is 18.7 Å². The first-order valence-electron chi connectivity index (χ1n) is 7.78. The van der Waals surface area contributed by atoms with Gasteiger partial charge in [-0.15, -0.1) is 0 Å². The molecule has 4 rings (SSSR count). The largest absolute Gasteiger partial charge is 0.490 e. The van der Waals surface area contributed by atoms with Crippen LogP contribution in [0.25, 0.3) is 10.9 Å². The highest BCUT2D eigenvalue weighted by Gasteiger charge is 2.25. The molecule has 1 fully saturated rings. The zero-order valence-corrected chi connectivity index (χ0v) is 12.1. The maximum atomic E-state index is 6.06. The SMILES string of the molecule is C[C@H](N)Cc1c2n(c3ccc(OC4CC4)cc13)CCC2. The predicted molar refractivity (Wildman–Crippen MR) is 81.3 cm³/mol. The van der Waals surface area contributed by atoms with E-state index in [0.29, 0.717) is 6.10 Å². The second kappa shape index (κ2) is 4.52. The van der Waals surface area contributed by atoms with Crippen molar-refractivity contribution in [1.29, 1.82) is 0 Å². The van der Waals surface area contributed by atoms with E-state index in [2.05, 4.69) is 29.7 Å². The molecule has 0 saturated heterocycles. The van der Waals surface area contributed by atoms with Crippen LogP contribution in [0.2, 0.25) is 0 Å². The van der Waals surface area contributed by atoms with Crippen molar-refractivity contribution >= 4 is 10.9 Å². The van der Waals surface area contributed by atoms with E-state index in [1.807, 2.05) is 0 Å². The van der Waals surface area contributed by atoms with Crippen molar-refractivity contribution in [3.05, 3.63) is 29.5 Å². The Morgan fingerprint density at radius 1 is 1.40 bits per heavy atom. The minimum atomic E-state index is 0.207. The minimum Gasteiger partial charge on any atom is -0.490 e. The number of hydrogen-bond acceptors (Lipinski definition) is 2. The average Bonchev–Trinajstić information content (AvgIpc) is 3.00. The Kier molecular flexibility index (Phi) is 2.77. The summed E-state index contributed by atoms with van der Waals surface area (Å²) in [6.45, 7) is 3.24. The molecule has 1 aliphatic carbocycles. The van der Waals surface area contributed by atoms with Crippen LogP contribution in [0.3, 0.4) is 0 Å². The third kappa shape index (κ3) is 2.01. The number of fused-ring (bicyclic) bond motifs is 3. The van der Waals surface area contributed by atoms with Gasteiger partial charge < -0.3 is 15.0 Å². The smallest absolute Gasteiger partial charge is 0.120 e. The molecular weight excluding hydrogens is 248 g/mol. The Hall–Kier alpha value is -1.48. The van der Waals surface area contributed by atoms with E-state index in [9.17, 15) is 0 Å². The van der Waals surface area contributed by atoms with E-state index in [4.69, 9.17) is 10.5 Å². The number of aryl methyl sites for hydroxylation is 1. The topological polar surface area (TPSA) is 40.2 Å². The molecule has 1 atom stereocenters. The standard InChI is InChI=1S/C17H22N2O/c1-11(18)9-14-15-10-13(20-12-4-5-12)6-7-17(15)19-8-2-3-16(14)19/h6-7,10-12H,2-5,8-9,18H2,1H3/t11-/m0/s1. The molecule has 1 aliphatic heterocycles. The lowest BCUT2D eigenvalue weighted by molar-refractivity contribution is 0.303. The summed E-state index contributed by atoms with van der Waals surface area (Å²) in [6, 6.07) is 6.80. The molecule has 1 saturated carbocycles. The Labute approximate surface area is 119 Å². The van der Waals surface area contributed by atoms with Crippen molar-refractivity contribution in [2.24, 2.45) is 5.73 Å². The number of nitrogens with zero attached hydrogens (tertiary/aromatic N) is 1. The lowest BCUT2D eigenvalue weighted by Crippen LogP contribution is -2.18. The molecule has 0 unspecified atom stereocenters. The summed E-state index contributed by atoms with van der Waals surface area (Å²) in [5.41, 5.74) is 10.4. The highest BCUT2D eigenvalue weighted by atomic mass is 16.5. The zero-order valence-electron chi connectivity index (χ0n) is 12.1. The van der Waals surface area contributed by atoms with Gasteiger partial charge in [-0.05, 0) is 62.8 Å². The van der Waals surface area contributed by atoms with Crippen LogP contribution in [0.15, 0.2) is 18.2 Å². The lowest BCUT2D eigenvalue weighted by atomic mass is 10.0. The molecular formula is C17H22N2O. The van der Waals surface area contributed by atoms with Gasteiger partial charge in [0.25, 0.3) is 0 Å². The van der Waals surface area contributed by atoms with Crippen LogP contribution < -0.4 is 10.5 Å². The summed E-state index contributed by atoms with van der Waals surface area (Å²) in [5, 5.41) is 1.36. The predicted octanol–water partition coefficient (Wildman–Crippen LogP) is 3.02. The molecule has 2 N–H and O–H groups in total. The monoisotopic (exact) mass is 270 g/mol. The Morgan fingerprint density at radius 3 is 3.00 bits per heavy atom. The molecule has 20 heavy (non-hydrogen) atoms. The molecule has 0 spiro atoms. The van der Waals surface area contributed by atoms with Crippen molar-refractivity contribution in [3.63, 3.8) is 0 Å². The second-order valence-electron chi connectivity index (χ2n) is 6.36. The van der Waals surface area contributed by atoms with Crippen LogP contribution in [-0.4, -0.2) is 16.7 Å². The maximum Gasteiger partial charge on any atom is 0.120 e. The Morgan fingerprint density at radius 2 is 2.25 bits per heavy atom. The Balaban J connectivity index is 1.82. The second-order valence-corrected chi connectivity index (χ2v) is 6.36. The quantitative estimate of drug-likeness (QED) is 0.927. The fourth-order valence-electron chi connectivity index (χ4n) is 3.40. The number of aromatic nitrogens is 1. The van der Waals surface area contributed by atoms with Crippen molar-refractivity contribution in [1.82, 2.24) is 4.57 Å². The van der Waals surface area contributed by atoms with Gasteiger partial charge in [0.1, 0.15) is 5.75 Å². The fraction of sp³-hybridized carbons (Fsp3) is 0.529. The number of ether oxygens (including phenoxy) is 1. The van der Waals surface area contributed by atoms with Crippen LogP contribution in [-0.2, 0) is 19.4 Å². The van der Waals surface area contributed by atoms with Gasteiger partial charge in [0.05, 0.1) is 6.10 Å². The molecule has 2 heterocycles. The normalized spacial score (nSPS) is 19.3. The van der Waals surface area contributed by atoms with Crippen molar-refractivity contribution in [2.75, 3.05) is 0 Å². The molecule has 1 aromatic heterocycles. The Bertz CT molecular complexity index is 653. The van der Waals surface area contributed by atoms with Crippen molar-refractivity contribution < 1.29 is 4.74 Å². The maximum absolute atomic E-state index is 6.06. The molecule has 0 amide bonds. The first-order chi connectivity index (χ1) is 9.72.